The fourth-order valence-corrected chi connectivity index (χ4v) is 1.82. The first-order valence-corrected chi connectivity index (χ1v) is 6.71. The summed E-state index contributed by atoms with van der Waals surface area (Å²) in [6, 6.07) is 9.02. The Morgan fingerprint density at radius 1 is 1.22 bits per heavy atom. The molecule has 0 aliphatic heterocycles. The van der Waals surface area contributed by atoms with Crippen molar-refractivity contribution < 1.29 is 10.1 Å². The summed E-state index contributed by atoms with van der Waals surface area (Å²) in [7, 11) is 0. The highest BCUT2D eigenvalue weighted by atomic mass is 35.6. The van der Waals surface area contributed by atoms with Crippen LogP contribution in [0.3, 0.4) is 0 Å². The lowest BCUT2D eigenvalue weighted by Crippen LogP contribution is -2.99. The smallest absolute Gasteiger partial charge is 0.262 e. The Kier molecular flexibility index (Phi) is 5.73. The second-order valence-corrected chi connectivity index (χ2v) is 6.66. The van der Waals surface area contributed by atoms with E-state index in [0.29, 0.717) is 5.56 Å². The average Bonchev–Trinajstić information content (AvgIpc) is 2.27. The van der Waals surface area contributed by atoms with Gasteiger partial charge < -0.3 is 5.32 Å². The van der Waals surface area contributed by atoms with Crippen LogP contribution in [0.15, 0.2) is 30.3 Å². The van der Waals surface area contributed by atoms with Gasteiger partial charge in [-0.3, -0.25) is 10.1 Å². The third kappa shape index (κ3) is 5.02. The molecule has 0 radical (unpaired) electrons. The molecule has 0 saturated carbocycles. The Morgan fingerprint density at radius 3 is 2.22 bits per heavy atom. The van der Waals surface area contributed by atoms with E-state index < -0.39 is 9.96 Å². The molecule has 0 aliphatic carbocycles. The number of nitrogens with two attached hydrogens (primary N) is 1. The lowest BCUT2D eigenvalue weighted by molar-refractivity contribution is -0.717. The molecule has 0 aromatic heterocycles. The van der Waals surface area contributed by atoms with Gasteiger partial charge in [-0.2, -0.15) is 0 Å². The van der Waals surface area contributed by atoms with Crippen LogP contribution in [-0.2, 0) is 0 Å². The van der Waals surface area contributed by atoms with Gasteiger partial charge in [0.05, 0.1) is 6.04 Å². The zero-order chi connectivity index (χ0) is 13.8. The Labute approximate surface area is 122 Å². The van der Waals surface area contributed by atoms with E-state index in [0.717, 1.165) is 0 Å². The molecule has 1 unspecified atom stereocenters. The van der Waals surface area contributed by atoms with Crippen LogP contribution in [-0.4, -0.2) is 21.9 Å². The highest BCUT2D eigenvalue weighted by Crippen LogP contribution is 2.27. The van der Waals surface area contributed by atoms with Crippen molar-refractivity contribution in [3.63, 3.8) is 0 Å². The van der Waals surface area contributed by atoms with Crippen molar-refractivity contribution in [2.24, 2.45) is 0 Å². The van der Waals surface area contributed by atoms with Gasteiger partial charge in [-0.1, -0.05) is 53.0 Å². The zero-order valence-electron chi connectivity index (χ0n) is 10.2. The van der Waals surface area contributed by atoms with Gasteiger partial charge in [-0.25, -0.2) is 0 Å². The highest BCUT2D eigenvalue weighted by Gasteiger charge is 2.38. The third-order valence-electron chi connectivity index (χ3n) is 2.25. The first-order valence-electron chi connectivity index (χ1n) is 5.58. The maximum absolute atomic E-state index is 12.0. The average molecular weight is 311 g/mol. The Morgan fingerprint density at radius 2 is 1.78 bits per heavy atom. The number of rotatable bonds is 4. The summed E-state index contributed by atoms with van der Waals surface area (Å²) in [5.41, 5.74) is 0.536. The third-order valence-corrected chi connectivity index (χ3v) is 2.96. The van der Waals surface area contributed by atoms with Crippen molar-refractivity contribution in [3.05, 3.63) is 35.9 Å². The summed E-state index contributed by atoms with van der Waals surface area (Å²) in [4.78, 5) is 12.0. The Balaban J connectivity index is 2.75. The zero-order valence-corrected chi connectivity index (χ0v) is 12.4. The van der Waals surface area contributed by atoms with Crippen LogP contribution in [0.4, 0.5) is 0 Å². The lowest BCUT2D eigenvalue weighted by atomic mass is 10.2. The van der Waals surface area contributed by atoms with Crippen molar-refractivity contribution in [2.75, 3.05) is 0 Å². The second kappa shape index (κ2) is 6.62. The van der Waals surface area contributed by atoms with Crippen molar-refractivity contribution in [1.82, 2.24) is 5.32 Å². The van der Waals surface area contributed by atoms with E-state index in [1.54, 1.807) is 29.6 Å². The summed E-state index contributed by atoms with van der Waals surface area (Å²) in [6.07, 6.45) is -0.629. The van der Waals surface area contributed by atoms with E-state index in [4.69, 9.17) is 34.8 Å². The molecule has 0 bridgehead atoms. The highest BCUT2D eigenvalue weighted by molar-refractivity contribution is 6.68. The van der Waals surface area contributed by atoms with Crippen LogP contribution in [0, 0.1) is 0 Å². The normalized spacial score (nSPS) is 13.4. The molecule has 0 heterocycles. The summed E-state index contributed by atoms with van der Waals surface area (Å²) >= 11 is 17.6. The van der Waals surface area contributed by atoms with E-state index in [1.165, 1.54) is 0 Å². The number of hydrogen-bond donors (Lipinski definition) is 2. The van der Waals surface area contributed by atoms with Crippen LogP contribution in [0.25, 0.3) is 0 Å². The first-order chi connectivity index (χ1) is 8.30. The van der Waals surface area contributed by atoms with Crippen molar-refractivity contribution in [2.45, 2.75) is 29.8 Å². The molecule has 1 rings (SSSR count). The number of nitrogens with one attached hydrogen (secondary N) is 1. The predicted octanol–water partition coefficient (Wildman–Crippen LogP) is 2.08. The molecule has 0 saturated heterocycles. The van der Waals surface area contributed by atoms with E-state index in [1.807, 2.05) is 19.9 Å². The molecule has 18 heavy (non-hydrogen) atoms. The van der Waals surface area contributed by atoms with Crippen LogP contribution in [0.2, 0.25) is 0 Å². The summed E-state index contributed by atoms with van der Waals surface area (Å²) in [5, 5.41) is 4.51. The molecule has 3 N–H and O–H groups in total. The number of quaternary nitrogens is 1. The minimum Gasteiger partial charge on any atom is -0.321 e. The molecule has 0 spiro atoms. The molecular formula is C12H16Cl3N2O+. The van der Waals surface area contributed by atoms with E-state index >= 15 is 0 Å². The summed E-state index contributed by atoms with van der Waals surface area (Å²) < 4.78 is -1.56. The number of amides is 1. The fraction of sp³-hybridized carbons (Fsp3) is 0.417. The standard InChI is InChI=1S/C12H15Cl3N2O/c1-8(2)16-11(12(13,14)15)17-10(18)9-6-4-3-5-7-9/h3-8,11,16H,1-2H3,(H,17,18)/p+1. The second-order valence-electron chi connectivity index (χ2n) is 4.30. The Hall–Kier alpha value is -0.480. The molecule has 0 fully saturated rings. The van der Waals surface area contributed by atoms with Gasteiger partial charge in [-0.05, 0) is 26.0 Å². The molecule has 0 aliphatic rings. The summed E-state index contributed by atoms with van der Waals surface area (Å²) in [6.45, 7) is 3.91. The first kappa shape index (κ1) is 15.6. The molecule has 1 atom stereocenters. The topological polar surface area (TPSA) is 45.7 Å². The van der Waals surface area contributed by atoms with Crippen LogP contribution < -0.4 is 10.6 Å². The van der Waals surface area contributed by atoms with Crippen molar-refractivity contribution in [1.29, 1.82) is 0 Å². The van der Waals surface area contributed by atoms with Gasteiger partial charge in [0.2, 0.25) is 6.17 Å². The van der Waals surface area contributed by atoms with E-state index in [2.05, 4.69) is 5.32 Å². The van der Waals surface area contributed by atoms with Gasteiger partial charge in [-0.15, -0.1) is 0 Å². The van der Waals surface area contributed by atoms with Gasteiger partial charge in [0.25, 0.3) is 9.70 Å². The molecule has 6 heteroatoms. The Bertz CT molecular complexity index is 390. The van der Waals surface area contributed by atoms with Crippen LogP contribution in [0.5, 0.6) is 0 Å². The minimum absolute atomic E-state index is 0.196. The monoisotopic (exact) mass is 309 g/mol. The number of benzene rings is 1. The van der Waals surface area contributed by atoms with Crippen molar-refractivity contribution in [3.8, 4) is 0 Å². The molecule has 1 amide bonds. The molecular weight excluding hydrogens is 295 g/mol. The van der Waals surface area contributed by atoms with Gasteiger partial charge in [0.1, 0.15) is 0 Å². The lowest BCUT2D eigenvalue weighted by Gasteiger charge is -2.25. The van der Waals surface area contributed by atoms with Crippen LogP contribution in [0.1, 0.15) is 24.2 Å². The number of carbonyl (C=O) groups excluding carboxylic acids is 1. The van der Waals surface area contributed by atoms with Gasteiger partial charge in [0.15, 0.2) is 0 Å². The summed E-state index contributed by atoms with van der Waals surface area (Å²) in [5.74, 6) is -0.260. The maximum Gasteiger partial charge on any atom is 0.262 e. The number of halogens is 3. The minimum atomic E-state index is -1.56. The van der Waals surface area contributed by atoms with Crippen LogP contribution >= 0.6 is 34.8 Å². The van der Waals surface area contributed by atoms with Gasteiger partial charge >= 0.3 is 0 Å². The van der Waals surface area contributed by atoms with E-state index in [-0.39, 0.29) is 11.9 Å². The number of hydrogen-bond acceptors (Lipinski definition) is 1. The largest absolute Gasteiger partial charge is 0.321 e. The van der Waals surface area contributed by atoms with Gasteiger partial charge in [0, 0.05) is 5.56 Å². The maximum atomic E-state index is 12.0. The molecule has 100 valence electrons. The number of carbonyl (C=O) groups is 1. The van der Waals surface area contributed by atoms with E-state index in [9.17, 15) is 4.79 Å². The molecule has 3 nitrogen and oxygen atoms in total. The SMILES string of the molecule is CC(C)[NH2+]C(NC(=O)c1ccccc1)C(Cl)(Cl)Cl. The molecule has 1 aromatic carbocycles. The number of alkyl halides is 3. The quantitative estimate of drug-likeness (QED) is 0.649. The molecule has 1 aromatic rings. The fourth-order valence-electron chi connectivity index (χ4n) is 1.44. The predicted molar refractivity (Wildman–Crippen MR) is 75.0 cm³/mol. The van der Waals surface area contributed by atoms with Crippen molar-refractivity contribution >= 4 is 40.7 Å².